The highest BCUT2D eigenvalue weighted by molar-refractivity contribution is 6.00. The number of anilines is 2. The molecular formula is C24H27N3O. The fourth-order valence-corrected chi connectivity index (χ4v) is 3.31. The number of allylic oxidation sites excluding steroid dienone is 3. The molecule has 0 aliphatic carbocycles. The second kappa shape index (κ2) is 8.61. The molecule has 0 fully saturated rings. The standard InChI is InChI=1S/C24H27N3O/c1-5-10-20(6-2)27-23(18-13-15-21(16-14-18)26(3)4)17-22(24(27)28)25-19-11-8-7-9-12-19/h5-17,23,25H,1-4H3/b10-5-,20-6+. The molecule has 1 amide bonds. The summed E-state index contributed by atoms with van der Waals surface area (Å²) in [4.78, 5) is 17.2. The Bertz CT molecular complexity index is 909. The Morgan fingerprint density at radius 2 is 1.71 bits per heavy atom. The molecular weight excluding hydrogens is 346 g/mol. The van der Waals surface area contributed by atoms with Crippen molar-refractivity contribution in [2.24, 2.45) is 0 Å². The maximum Gasteiger partial charge on any atom is 0.275 e. The highest BCUT2D eigenvalue weighted by Crippen LogP contribution is 2.35. The van der Waals surface area contributed by atoms with E-state index >= 15 is 0 Å². The topological polar surface area (TPSA) is 35.6 Å². The van der Waals surface area contributed by atoms with Crippen LogP contribution in [0.15, 0.2) is 90.3 Å². The van der Waals surface area contributed by atoms with Crippen molar-refractivity contribution in [3.05, 3.63) is 95.9 Å². The Balaban J connectivity index is 1.99. The molecule has 144 valence electrons. The zero-order chi connectivity index (χ0) is 20.1. The minimum Gasteiger partial charge on any atom is -0.378 e. The predicted octanol–water partition coefficient (Wildman–Crippen LogP) is 5.11. The lowest BCUT2D eigenvalue weighted by Gasteiger charge is -2.26. The van der Waals surface area contributed by atoms with E-state index in [1.807, 2.05) is 87.5 Å². The molecule has 28 heavy (non-hydrogen) atoms. The molecule has 1 aliphatic heterocycles. The van der Waals surface area contributed by atoms with Crippen LogP contribution in [0.4, 0.5) is 11.4 Å². The molecule has 0 radical (unpaired) electrons. The molecule has 1 N–H and O–H groups in total. The van der Waals surface area contributed by atoms with E-state index in [-0.39, 0.29) is 11.9 Å². The van der Waals surface area contributed by atoms with E-state index in [4.69, 9.17) is 0 Å². The van der Waals surface area contributed by atoms with Crippen LogP contribution in [-0.4, -0.2) is 24.9 Å². The van der Waals surface area contributed by atoms with E-state index in [2.05, 4.69) is 34.5 Å². The van der Waals surface area contributed by atoms with Crippen molar-refractivity contribution < 1.29 is 4.79 Å². The van der Waals surface area contributed by atoms with Crippen LogP contribution < -0.4 is 10.2 Å². The Kier molecular flexibility index (Phi) is 5.99. The fourth-order valence-electron chi connectivity index (χ4n) is 3.31. The number of benzene rings is 2. The molecule has 1 heterocycles. The first-order chi connectivity index (χ1) is 13.5. The molecule has 4 nitrogen and oxygen atoms in total. The molecule has 1 aliphatic rings. The molecule has 0 saturated heterocycles. The van der Waals surface area contributed by atoms with Crippen molar-refractivity contribution in [1.29, 1.82) is 0 Å². The zero-order valence-corrected chi connectivity index (χ0v) is 16.9. The van der Waals surface area contributed by atoms with E-state index in [1.54, 1.807) is 0 Å². The highest BCUT2D eigenvalue weighted by Gasteiger charge is 2.35. The maximum atomic E-state index is 13.3. The van der Waals surface area contributed by atoms with Gasteiger partial charge in [0.15, 0.2) is 0 Å². The zero-order valence-electron chi connectivity index (χ0n) is 16.9. The molecule has 0 spiro atoms. The number of nitrogens with one attached hydrogen (secondary N) is 1. The summed E-state index contributed by atoms with van der Waals surface area (Å²) < 4.78 is 0. The number of hydrogen-bond acceptors (Lipinski definition) is 3. The van der Waals surface area contributed by atoms with Gasteiger partial charge in [0.25, 0.3) is 5.91 Å². The van der Waals surface area contributed by atoms with Crippen molar-refractivity contribution in [2.45, 2.75) is 19.9 Å². The maximum absolute atomic E-state index is 13.3. The highest BCUT2D eigenvalue weighted by atomic mass is 16.2. The van der Waals surface area contributed by atoms with Gasteiger partial charge in [0.05, 0.1) is 6.04 Å². The third kappa shape index (κ3) is 4.01. The summed E-state index contributed by atoms with van der Waals surface area (Å²) in [7, 11) is 4.04. The Hall–Kier alpha value is -3.27. The van der Waals surface area contributed by atoms with Gasteiger partial charge in [-0.3, -0.25) is 9.69 Å². The van der Waals surface area contributed by atoms with Gasteiger partial charge in [-0.1, -0.05) is 42.5 Å². The third-order valence-electron chi connectivity index (χ3n) is 4.77. The lowest BCUT2D eigenvalue weighted by Crippen LogP contribution is -2.29. The largest absolute Gasteiger partial charge is 0.378 e. The summed E-state index contributed by atoms with van der Waals surface area (Å²) in [6, 6.07) is 18.0. The lowest BCUT2D eigenvalue weighted by atomic mass is 10.1. The van der Waals surface area contributed by atoms with Crippen molar-refractivity contribution in [3.8, 4) is 0 Å². The van der Waals surface area contributed by atoms with Gasteiger partial charge in [-0.25, -0.2) is 0 Å². The van der Waals surface area contributed by atoms with Crippen molar-refractivity contribution in [2.75, 3.05) is 24.3 Å². The van der Waals surface area contributed by atoms with Gasteiger partial charge in [0.2, 0.25) is 0 Å². The van der Waals surface area contributed by atoms with E-state index in [1.165, 1.54) is 0 Å². The summed E-state index contributed by atoms with van der Waals surface area (Å²) in [5, 5.41) is 3.28. The van der Waals surface area contributed by atoms with Crippen molar-refractivity contribution in [3.63, 3.8) is 0 Å². The van der Waals surface area contributed by atoms with Crippen molar-refractivity contribution >= 4 is 17.3 Å². The molecule has 0 aromatic heterocycles. The number of amides is 1. The summed E-state index contributed by atoms with van der Waals surface area (Å²) in [5.74, 6) is -0.0308. The van der Waals surface area contributed by atoms with Gasteiger partial charge >= 0.3 is 0 Å². The first-order valence-corrected chi connectivity index (χ1v) is 9.49. The van der Waals surface area contributed by atoms with Crippen LogP contribution in [0.1, 0.15) is 25.5 Å². The van der Waals surface area contributed by atoms with Gasteiger partial charge in [0.1, 0.15) is 5.70 Å². The summed E-state index contributed by atoms with van der Waals surface area (Å²) in [6.07, 6.45) is 7.90. The van der Waals surface area contributed by atoms with Crippen LogP contribution in [0.5, 0.6) is 0 Å². The lowest BCUT2D eigenvalue weighted by molar-refractivity contribution is -0.124. The number of carbonyl (C=O) groups is 1. The van der Waals surface area contributed by atoms with Gasteiger partial charge in [0, 0.05) is 31.2 Å². The average molecular weight is 374 g/mol. The van der Waals surface area contributed by atoms with E-state index < -0.39 is 0 Å². The number of para-hydroxylation sites is 1. The normalized spacial score (nSPS) is 17.2. The summed E-state index contributed by atoms with van der Waals surface area (Å²) in [5.41, 5.74) is 4.59. The van der Waals surface area contributed by atoms with E-state index in [0.717, 1.165) is 22.6 Å². The van der Waals surface area contributed by atoms with Gasteiger partial charge in [-0.2, -0.15) is 0 Å². The summed E-state index contributed by atoms with van der Waals surface area (Å²) >= 11 is 0. The van der Waals surface area contributed by atoms with Crippen LogP contribution in [0.3, 0.4) is 0 Å². The minimum absolute atomic E-state index is 0.0308. The van der Waals surface area contributed by atoms with Gasteiger partial charge < -0.3 is 10.2 Å². The number of rotatable bonds is 6. The monoisotopic (exact) mass is 373 g/mol. The van der Waals surface area contributed by atoms with Gasteiger partial charge in [-0.15, -0.1) is 0 Å². The molecule has 4 heteroatoms. The van der Waals surface area contributed by atoms with Gasteiger partial charge in [-0.05, 0) is 55.8 Å². The van der Waals surface area contributed by atoms with E-state index in [9.17, 15) is 4.79 Å². The fraction of sp³-hybridized carbons (Fsp3) is 0.208. The van der Waals surface area contributed by atoms with Crippen LogP contribution >= 0.6 is 0 Å². The van der Waals surface area contributed by atoms with Crippen molar-refractivity contribution in [1.82, 2.24) is 4.90 Å². The Morgan fingerprint density at radius 3 is 2.29 bits per heavy atom. The molecule has 3 rings (SSSR count). The van der Waals surface area contributed by atoms with Crippen LogP contribution in [-0.2, 0) is 4.79 Å². The molecule has 1 unspecified atom stereocenters. The molecule has 0 bridgehead atoms. The third-order valence-corrected chi connectivity index (χ3v) is 4.77. The number of carbonyl (C=O) groups excluding carboxylic acids is 1. The average Bonchev–Trinajstić information content (AvgIpc) is 3.03. The number of nitrogens with zero attached hydrogens (tertiary/aromatic N) is 2. The molecule has 0 saturated carbocycles. The summed E-state index contributed by atoms with van der Waals surface area (Å²) in [6.45, 7) is 3.92. The Labute approximate surface area is 167 Å². The second-order valence-corrected chi connectivity index (χ2v) is 6.89. The second-order valence-electron chi connectivity index (χ2n) is 6.89. The SMILES string of the molecule is C/C=C\C(=C/C)N1C(=O)C(Nc2ccccc2)=CC1c1ccc(N(C)C)cc1. The molecule has 1 atom stereocenters. The predicted molar refractivity (Wildman–Crippen MR) is 117 cm³/mol. The first kappa shape index (κ1) is 19.5. The van der Waals surface area contributed by atoms with Crippen LogP contribution in [0, 0.1) is 0 Å². The van der Waals surface area contributed by atoms with Crippen LogP contribution in [0.2, 0.25) is 0 Å². The van der Waals surface area contributed by atoms with Crippen LogP contribution in [0.25, 0.3) is 0 Å². The molecule has 2 aromatic rings. The minimum atomic E-state index is -0.155. The quantitative estimate of drug-likeness (QED) is 0.715. The smallest absolute Gasteiger partial charge is 0.275 e. The first-order valence-electron chi connectivity index (χ1n) is 9.49. The van der Waals surface area contributed by atoms with E-state index in [0.29, 0.717) is 5.70 Å². The Morgan fingerprint density at radius 1 is 1.04 bits per heavy atom. The number of hydrogen-bond donors (Lipinski definition) is 1. The molecule has 2 aromatic carbocycles.